The summed E-state index contributed by atoms with van der Waals surface area (Å²) in [5.74, 6) is 0. The molecule has 1 nitrogen and oxygen atoms in total. The molecule has 41 heavy (non-hydrogen) atoms. The zero-order valence-corrected chi connectivity index (χ0v) is 24.3. The van der Waals surface area contributed by atoms with Crippen LogP contribution in [-0.4, -0.2) is 7.11 Å². The van der Waals surface area contributed by atoms with Crippen LogP contribution in [0, 0.1) is 0 Å². The smallest absolute Gasteiger partial charge is 0.129 e. The Balaban J connectivity index is 1.35. The highest BCUT2D eigenvalue weighted by molar-refractivity contribution is 5.71. The lowest BCUT2D eigenvalue weighted by molar-refractivity contribution is 0.0699. The van der Waals surface area contributed by atoms with Gasteiger partial charge in [-0.25, -0.2) is 0 Å². The largest absolute Gasteiger partial charge is 0.365 e. The summed E-state index contributed by atoms with van der Waals surface area (Å²) in [7, 11) is 1.79. The Morgan fingerprint density at radius 3 is 0.902 bits per heavy atom. The third kappa shape index (κ3) is 4.19. The summed E-state index contributed by atoms with van der Waals surface area (Å²) in [6.07, 6.45) is 18.5. The molecule has 0 amide bonds. The zero-order chi connectivity index (χ0) is 28.3. The van der Waals surface area contributed by atoms with Crippen molar-refractivity contribution in [1.29, 1.82) is 0 Å². The summed E-state index contributed by atoms with van der Waals surface area (Å²) in [6.45, 7) is 6.86. The molecule has 12 aliphatic rings. The van der Waals surface area contributed by atoms with Crippen LogP contribution in [0.15, 0.2) is 146 Å². The normalized spacial score (nSPS) is 29.1. The summed E-state index contributed by atoms with van der Waals surface area (Å²) >= 11 is 0. The molecule has 0 spiro atoms. The van der Waals surface area contributed by atoms with Crippen LogP contribution in [0.5, 0.6) is 0 Å². The Morgan fingerprint density at radius 1 is 0.341 bits per heavy atom. The van der Waals surface area contributed by atoms with E-state index in [0.717, 1.165) is 5.56 Å². The van der Waals surface area contributed by atoms with Crippen LogP contribution < -0.4 is 0 Å². The van der Waals surface area contributed by atoms with Gasteiger partial charge in [0.2, 0.25) is 0 Å². The number of hydrogen-bond donors (Lipinski definition) is 0. The molecule has 0 heterocycles. The number of benzene rings is 4. The first kappa shape index (κ1) is 25.7. The van der Waals surface area contributed by atoms with Crippen molar-refractivity contribution >= 4 is 0 Å². The average molecular weight is 533 g/mol. The molecular formula is C40H36O. The number of rotatable bonds is 1. The molecule has 202 valence electrons. The fourth-order valence-electron chi connectivity index (χ4n) is 6.52. The molecule has 0 atom stereocenters. The van der Waals surface area contributed by atoms with E-state index in [1.165, 1.54) is 38.9 Å². The molecule has 0 saturated heterocycles. The fraction of sp³-hybridized carbons (Fsp3) is 0.200. The Hall–Kier alpha value is -4.20. The van der Waals surface area contributed by atoms with Crippen molar-refractivity contribution in [3.63, 3.8) is 0 Å². The van der Waals surface area contributed by atoms with E-state index >= 15 is 0 Å². The second kappa shape index (κ2) is 9.16. The molecule has 12 aliphatic carbocycles. The summed E-state index contributed by atoms with van der Waals surface area (Å²) in [5, 5.41) is 0. The van der Waals surface area contributed by atoms with Gasteiger partial charge < -0.3 is 4.74 Å². The van der Waals surface area contributed by atoms with Crippen molar-refractivity contribution in [2.45, 2.75) is 42.6 Å². The van der Waals surface area contributed by atoms with Crippen molar-refractivity contribution in [1.82, 2.24) is 0 Å². The lowest BCUT2D eigenvalue weighted by atomic mass is 9.70. The predicted octanol–water partition coefficient (Wildman–Crippen LogP) is 9.60. The molecule has 0 saturated carbocycles. The van der Waals surface area contributed by atoms with E-state index in [2.05, 4.69) is 166 Å². The first-order valence-electron chi connectivity index (χ1n) is 14.5. The SMILES string of the molecule is COC12C=CC(C)(C=C1)c1ccc(cc1)C1(C)C=CC(C)(C=C1)c1ccc(cc1)-c1ccc(cc1)-c1ccc2cc1. The fourth-order valence-corrected chi connectivity index (χ4v) is 6.52. The van der Waals surface area contributed by atoms with Gasteiger partial charge >= 0.3 is 0 Å². The van der Waals surface area contributed by atoms with Gasteiger partial charge in [-0.2, -0.15) is 0 Å². The van der Waals surface area contributed by atoms with Crippen molar-refractivity contribution in [2.75, 3.05) is 7.11 Å². The molecule has 0 N–H and O–H groups in total. The maximum absolute atomic E-state index is 6.14. The van der Waals surface area contributed by atoms with Crippen LogP contribution in [0.25, 0.3) is 22.3 Å². The Labute approximate surface area is 244 Å². The van der Waals surface area contributed by atoms with Crippen LogP contribution in [0.1, 0.15) is 43.0 Å². The van der Waals surface area contributed by atoms with Crippen molar-refractivity contribution in [2.24, 2.45) is 0 Å². The van der Waals surface area contributed by atoms with Gasteiger partial charge in [-0.1, -0.05) is 134 Å². The highest BCUT2D eigenvalue weighted by Gasteiger charge is 2.35. The molecule has 0 radical (unpaired) electrons. The lowest BCUT2D eigenvalue weighted by Crippen LogP contribution is -2.30. The van der Waals surface area contributed by atoms with Crippen molar-refractivity contribution in [3.8, 4) is 22.3 Å². The molecule has 0 fully saturated rings. The van der Waals surface area contributed by atoms with E-state index in [4.69, 9.17) is 4.74 Å². The van der Waals surface area contributed by atoms with Crippen LogP contribution in [-0.2, 0) is 26.6 Å². The second-order valence-electron chi connectivity index (χ2n) is 12.5. The highest BCUT2D eigenvalue weighted by Crippen LogP contribution is 2.42. The van der Waals surface area contributed by atoms with E-state index in [0.29, 0.717) is 0 Å². The summed E-state index contributed by atoms with van der Waals surface area (Å²) < 4.78 is 6.14. The first-order chi connectivity index (χ1) is 19.7. The summed E-state index contributed by atoms with van der Waals surface area (Å²) in [5.41, 5.74) is 8.76. The summed E-state index contributed by atoms with van der Waals surface area (Å²) in [4.78, 5) is 0. The minimum atomic E-state index is -0.584. The third-order valence-electron chi connectivity index (χ3n) is 9.77. The van der Waals surface area contributed by atoms with E-state index in [1.54, 1.807) is 7.11 Å². The minimum Gasteiger partial charge on any atom is -0.365 e. The predicted molar refractivity (Wildman–Crippen MR) is 171 cm³/mol. The molecule has 0 unspecified atom stereocenters. The summed E-state index contributed by atoms with van der Waals surface area (Å²) in [6, 6.07) is 35.8. The number of hydrogen-bond acceptors (Lipinski definition) is 1. The zero-order valence-electron chi connectivity index (χ0n) is 24.3. The van der Waals surface area contributed by atoms with E-state index in [9.17, 15) is 0 Å². The van der Waals surface area contributed by atoms with Crippen LogP contribution in [0.4, 0.5) is 0 Å². The van der Waals surface area contributed by atoms with Gasteiger partial charge in [-0.05, 0) is 77.4 Å². The van der Waals surface area contributed by atoms with Gasteiger partial charge in [0.1, 0.15) is 5.60 Å². The monoisotopic (exact) mass is 532 g/mol. The molecule has 1 heteroatoms. The number of allylic oxidation sites excluding steroid dienone is 6. The van der Waals surface area contributed by atoms with Crippen molar-refractivity contribution in [3.05, 3.63) is 168 Å². The quantitative estimate of drug-likeness (QED) is 0.222. The Morgan fingerprint density at radius 2 is 0.585 bits per heavy atom. The molecule has 0 aromatic heterocycles. The lowest BCUT2D eigenvalue weighted by Gasteiger charge is -2.36. The molecular weight excluding hydrogens is 496 g/mol. The van der Waals surface area contributed by atoms with Gasteiger partial charge in [0.15, 0.2) is 0 Å². The standard InChI is InChI=1S/C40H36O/c1-37-21-23-38(2,24-22-37)34-17-19-35(20-18-34)39(3)25-27-40(41-4,28-26-39)36-15-11-32(12-16-36)30-7-5-29(6-8-30)31-9-13-33(37)14-10-31/h5-28H,1-4H3. The Bertz CT molecular complexity index is 1680. The topological polar surface area (TPSA) is 9.23 Å². The molecule has 4 aromatic rings. The maximum Gasteiger partial charge on any atom is 0.129 e. The Kier molecular flexibility index (Phi) is 5.75. The van der Waals surface area contributed by atoms with Crippen molar-refractivity contribution < 1.29 is 4.74 Å². The van der Waals surface area contributed by atoms with E-state index in [-0.39, 0.29) is 16.2 Å². The second-order valence-corrected chi connectivity index (χ2v) is 12.5. The van der Waals surface area contributed by atoms with Gasteiger partial charge in [0.05, 0.1) is 0 Å². The highest BCUT2D eigenvalue weighted by atomic mass is 16.5. The van der Waals surface area contributed by atoms with Crippen LogP contribution >= 0.6 is 0 Å². The molecule has 16 rings (SSSR count). The molecule has 4 aromatic carbocycles. The van der Waals surface area contributed by atoms with E-state index in [1.807, 2.05) is 0 Å². The molecule has 0 aliphatic heterocycles. The van der Waals surface area contributed by atoms with Gasteiger partial charge in [-0.15, -0.1) is 0 Å². The van der Waals surface area contributed by atoms with E-state index < -0.39 is 5.60 Å². The first-order valence-corrected chi connectivity index (χ1v) is 14.5. The number of methoxy groups -OCH3 is 1. The maximum atomic E-state index is 6.14. The van der Waals surface area contributed by atoms with Crippen LogP contribution in [0.3, 0.4) is 0 Å². The van der Waals surface area contributed by atoms with Gasteiger partial charge in [0.25, 0.3) is 0 Å². The molecule has 12 bridgehead atoms. The van der Waals surface area contributed by atoms with Crippen LogP contribution in [0.2, 0.25) is 0 Å². The van der Waals surface area contributed by atoms with Gasteiger partial charge in [-0.3, -0.25) is 0 Å². The third-order valence-corrected chi connectivity index (χ3v) is 9.77. The minimum absolute atomic E-state index is 0.138. The number of ether oxygens (including phenoxy) is 1. The van der Waals surface area contributed by atoms with Gasteiger partial charge in [0, 0.05) is 23.4 Å². The average Bonchev–Trinajstić information content (AvgIpc) is 3.03.